The lowest BCUT2D eigenvalue weighted by Gasteiger charge is -1.87. The number of amidine groups is 1. The molecule has 0 saturated carbocycles. The molecule has 0 aliphatic carbocycles. The average molecular weight is 99.2 g/mol. The molecule has 0 amide bonds. The Morgan fingerprint density at radius 2 is 2.29 bits per heavy atom. The van der Waals surface area contributed by atoms with E-state index in [9.17, 15) is 0 Å². The lowest BCUT2D eigenvalue weighted by atomic mass is 10.2. The van der Waals surface area contributed by atoms with Crippen molar-refractivity contribution in [2.24, 2.45) is 5.73 Å². The van der Waals surface area contributed by atoms with Crippen LogP contribution in [-0.2, 0) is 0 Å². The van der Waals surface area contributed by atoms with Gasteiger partial charge >= 0.3 is 0 Å². The fourth-order valence-corrected chi connectivity index (χ4v) is 0.315. The van der Waals surface area contributed by atoms with E-state index in [1.807, 2.05) is 0 Å². The Labute approximate surface area is 44.2 Å². The molecule has 0 heterocycles. The lowest BCUT2D eigenvalue weighted by Crippen LogP contribution is -2.07. The highest BCUT2D eigenvalue weighted by Gasteiger charge is 1.87. The normalized spacial score (nSPS) is 8.57. The Bertz CT molecular complexity index is 59.1. The molecular weight excluding hydrogens is 88.1 g/mol. The molecule has 0 rings (SSSR count). The molecule has 0 aliphatic rings. The van der Waals surface area contributed by atoms with E-state index in [1.54, 1.807) is 0 Å². The van der Waals surface area contributed by atoms with Crippen molar-refractivity contribution in [1.29, 1.82) is 5.41 Å². The summed E-state index contributed by atoms with van der Waals surface area (Å²) in [5.41, 5.74) is 5.03. The second-order valence-electron chi connectivity index (χ2n) is 1.48. The highest BCUT2D eigenvalue weighted by molar-refractivity contribution is 5.76. The molecule has 0 aromatic carbocycles. The summed E-state index contributed by atoms with van der Waals surface area (Å²) >= 11 is 0. The minimum atomic E-state index is 0.267. The summed E-state index contributed by atoms with van der Waals surface area (Å²) in [6.07, 6.45) is 2.51. The van der Waals surface area contributed by atoms with Crippen LogP contribution in [0, 0.1) is 12.3 Å². The molecule has 0 saturated heterocycles. The Hall–Kier alpha value is -0.660. The van der Waals surface area contributed by atoms with Crippen LogP contribution in [0.1, 0.15) is 19.3 Å². The topological polar surface area (TPSA) is 49.9 Å². The Morgan fingerprint density at radius 1 is 1.71 bits per heavy atom. The molecule has 2 nitrogen and oxygen atoms in total. The maximum atomic E-state index is 6.75. The van der Waals surface area contributed by atoms with E-state index in [0.29, 0.717) is 6.42 Å². The molecule has 0 radical (unpaired) electrons. The molecule has 0 atom stereocenters. The first-order valence-corrected chi connectivity index (χ1v) is 2.39. The largest absolute Gasteiger partial charge is 0.388 e. The third-order valence-corrected chi connectivity index (χ3v) is 0.696. The molecule has 0 spiro atoms. The lowest BCUT2D eigenvalue weighted by molar-refractivity contribution is 0.882. The molecular formula is C5H11N2+. The van der Waals surface area contributed by atoms with Gasteiger partial charge in [0.05, 0.1) is 19.2 Å². The molecule has 2 heteroatoms. The van der Waals surface area contributed by atoms with Crippen molar-refractivity contribution in [2.75, 3.05) is 0 Å². The van der Waals surface area contributed by atoms with Gasteiger partial charge in [0.2, 0.25) is 0 Å². The molecule has 0 bridgehead atoms. The van der Waals surface area contributed by atoms with Gasteiger partial charge in [-0.3, -0.25) is 5.41 Å². The quantitative estimate of drug-likeness (QED) is 0.308. The summed E-state index contributed by atoms with van der Waals surface area (Å²) in [5, 5.41) is 6.75. The molecule has 0 aromatic rings. The van der Waals surface area contributed by atoms with Gasteiger partial charge < -0.3 is 5.73 Å². The standard InChI is InChI=1S/C5H11N2/c1-2-3-4-5(6)7/h1-4H2,(H3,6,7)/q+1. The van der Waals surface area contributed by atoms with Crippen molar-refractivity contribution >= 4 is 5.84 Å². The summed E-state index contributed by atoms with van der Waals surface area (Å²) < 4.78 is 0. The van der Waals surface area contributed by atoms with Crippen LogP contribution in [0.15, 0.2) is 0 Å². The fourth-order valence-electron chi connectivity index (χ4n) is 0.315. The molecule has 40 valence electrons. The van der Waals surface area contributed by atoms with Crippen LogP contribution < -0.4 is 5.73 Å². The minimum absolute atomic E-state index is 0.267. The van der Waals surface area contributed by atoms with E-state index in [1.165, 1.54) is 0 Å². The maximum absolute atomic E-state index is 6.75. The van der Waals surface area contributed by atoms with Gasteiger partial charge in [0.1, 0.15) is 0 Å². The predicted octanol–water partition coefficient (Wildman–Crippen LogP) is 0.927. The van der Waals surface area contributed by atoms with Gasteiger partial charge in [0.25, 0.3) is 0 Å². The van der Waals surface area contributed by atoms with Gasteiger partial charge in [-0.2, -0.15) is 0 Å². The summed E-state index contributed by atoms with van der Waals surface area (Å²) in [6, 6.07) is 0. The van der Waals surface area contributed by atoms with E-state index in [-0.39, 0.29) is 5.84 Å². The van der Waals surface area contributed by atoms with Crippen molar-refractivity contribution in [3.63, 3.8) is 0 Å². The third kappa shape index (κ3) is 5.34. The SMILES string of the molecule is [CH2+]CCCC(=N)N. The Kier molecular flexibility index (Phi) is 3.19. The number of unbranched alkanes of at least 4 members (excludes halogenated alkanes) is 1. The number of hydrogen-bond donors (Lipinski definition) is 2. The smallest absolute Gasteiger partial charge is 0.0906 e. The Balaban J connectivity index is 2.82. The van der Waals surface area contributed by atoms with Gasteiger partial charge in [0, 0.05) is 6.42 Å². The number of rotatable bonds is 3. The van der Waals surface area contributed by atoms with E-state index >= 15 is 0 Å². The van der Waals surface area contributed by atoms with Gasteiger partial charge in [-0.25, -0.2) is 0 Å². The van der Waals surface area contributed by atoms with Crippen molar-refractivity contribution in [3.8, 4) is 0 Å². The Morgan fingerprint density at radius 3 is 2.43 bits per heavy atom. The first-order valence-electron chi connectivity index (χ1n) is 2.39. The van der Waals surface area contributed by atoms with Crippen LogP contribution >= 0.6 is 0 Å². The van der Waals surface area contributed by atoms with Crippen molar-refractivity contribution < 1.29 is 0 Å². The van der Waals surface area contributed by atoms with Crippen molar-refractivity contribution in [2.45, 2.75) is 19.3 Å². The summed E-state index contributed by atoms with van der Waals surface area (Å²) in [7, 11) is 0. The second-order valence-corrected chi connectivity index (χ2v) is 1.48. The molecule has 7 heavy (non-hydrogen) atoms. The molecule has 0 unspecified atom stereocenters. The van der Waals surface area contributed by atoms with Gasteiger partial charge in [-0.05, 0) is 6.42 Å². The summed E-state index contributed by atoms with van der Waals surface area (Å²) in [6.45, 7) is 3.61. The van der Waals surface area contributed by atoms with Crippen LogP contribution in [0.3, 0.4) is 0 Å². The van der Waals surface area contributed by atoms with Crippen LogP contribution in [0.5, 0.6) is 0 Å². The van der Waals surface area contributed by atoms with Gasteiger partial charge in [-0.15, -0.1) is 0 Å². The van der Waals surface area contributed by atoms with Gasteiger partial charge in [-0.1, -0.05) is 0 Å². The number of hydrogen-bond acceptors (Lipinski definition) is 1. The van der Waals surface area contributed by atoms with E-state index in [0.717, 1.165) is 12.8 Å². The maximum Gasteiger partial charge on any atom is 0.0906 e. The molecule has 0 aliphatic heterocycles. The zero-order valence-corrected chi connectivity index (χ0v) is 4.41. The van der Waals surface area contributed by atoms with Crippen LogP contribution in [0.2, 0.25) is 0 Å². The zero-order chi connectivity index (χ0) is 5.70. The van der Waals surface area contributed by atoms with Crippen LogP contribution in [0.25, 0.3) is 0 Å². The van der Waals surface area contributed by atoms with Crippen molar-refractivity contribution in [3.05, 3.63) is 6.92 Å². The highest BCUT2D eigenvalue weighted by atomic mass is 14.7. The fraction of sp³-hybridized carbons (Fsp3) is 0.600. The number of nitrogens with one attached hydrogen (secondary N) is 1. The third-order valence-electron chi connectivity index (χ3n) is 0.696. The first kappa shape index (κ1) is 6.34. The van der Waals surface area contributed by atoms with Gasteiger partial charge in [0.15, 0.2) is 0 Å². The van der Waals surface area contributed by atoms with Crippen LogP contribution in [-0.4, -0.2) is 5.84 Å². The van der Waals surface area contributed by atoms with E-state index < -0.39 is 0 Å². The van der Waals surface area contributed by atoms with Crippen molar-refractivity contribution in [1.82, 2.24) is 0 Å². The van der Waals surface area contributed by atoms with E-state index in [4.69, 9.17) is 11.1 Å². The monoisotopic (exact) mass is 99.1 g/mol. The molecule has 0 fully saturated rings. The van der Waals surface area contributed by atoms with Crippen LogP contribution in [0.4, 0.5) is 0 Å². The summed E-state index contributed by atoms with van der Waals surface area (Å²) in [4.78, 5) is 0. The molecule has 3 N–H and O–H groups in total. The second kappa shape index (κ2) is 3.53. The first-order chi connectivity index (χ1) is 3.27. The predicted molar refractivity (Wildman–Crippen MR) is 31.1 cm³/mol. The highest BCUT2D eigenvalue weighted by Crippen LogP contribution is 1.89. The minimum Gasteiger partial charge on any atom is -0.388 e. The van der Waals surface area contributed by atoms with E-state index in [2.05, 4.69) is 6.92 Å². The average Bonchev–Trinajstić information content (AvgIpc) is 1.61. The molecule has 0 aromatic heterocycles. The summed E-state index contributed by atoms with van der Waals surface area (Å²) in [5.74, 6) is 0.267. The number of nitrogens with two attached hydrogens (primary N) is 1. The zero-order valence-electron chi connectivity index (χ0n) is 4.41.